The Hall–Kier alpha value is -6.96. The van der Waals surface area contributed by atoms with Gasteiger partial charge in [0, 0.05) is 50.4 Å². The first kappa shape index (κ1) is 28.1. The van der Waals surface area contributed by atoms with Crippen molar-refractivity contribution >= 4 is 50.0 Å². The molecule has 1 aliphatic rings. The maximum Gasteiger partial charge on any atom is 0.160 e. The third-order valence-corrected chi connectivity index (χ3v) is 9.59. The lowest BCUT2D eigenvalue weighted by molar-refractivity contribution is 1.16. The first-order valence-electron chi connectivity index (χ1n) is 16.8. The number of nitrogens with zero attached hydrogens (tertiary/aromatic N) is 4. The fourth-order valence-corrected chi connectivity index (χ4v) is 7.35. The molecule has 0 fully saturated rings. The summed E-state index contributed by atoms with van der Waals surface area (Å²) in [4.78, 5) is 12.5. The van der Waals surface area contributed by atoms with Crippen LogP contribution in [-0.4, -0.2) is 14.5 Å². The van der Waals surface area contributed by atoms with Crippen molar-refractivity contribution in [2.24, 2.45) is 0 Å². The highest BCUT2D eigenvalue weighted by atomic mass is 15.1. The number of aromatic nitrogens is 3. The lowest BCUT2D eigenvalue weighted by atomic mass is 9.94. The predicted octanol–water partition coefficient (Wildman–Crippen LogP) is 11.5. The number of rotatable bonds is 5. The van der Waals surface area contributed by atoms with Gasteiger partial charge in [-0.05, 0) is 77.7 Å². The van der Waals surface area contributed by atoms with Gasteiger partial charge in [0.2, 0.25) is 0 Å². The summed E-state index contributed by atoms with van der Waals surface area (Å²) in [6.07, 6.45) is 4.45. The second-order valence-corrected chi connectivity index (χ2v) is 12.5. The maximum atomic E-state index is 5.12. The number of hydrogen-bond acceptors (Lipinski definition) is 3. The number of fused-ring (bicyclic) bond motifs is 4. The van der Waals surface area contributed by atoms with Crippen molar-refractivity contribution in [3.8, 4) is 39.6 Å². The molecule has 9 aromatic rings. The van der Waals surface area contributed by atoms with E-state index in [0.717, 1.165) is 55.9 Å². The zero-order chi connectivity index (χ0) is 33.0. The average molecular weight is 637 g/mol. The largest absolute Gasteiger partial charge is 0.317 e. The van der Waals surface area contributed by atoms with Crippen LogP contribution in [0.4, 0.5) is 11.4 Å². The number of anilines is 2. The quantitative estimate of drug-likeness (QED) is 0.188. The van der Waals surface area contributed by atoms with Crippen LogP contribution in [0, 0.1) is 12.1 Å². The molecule has 0 radical (unpaired) electrons. The number of hydrogen-bond donors (Lipinski definition) is 0. The van der Waals surface area contributed by atoms with Crippen LogP contribution in [0.1, 0.15) is 5.56 Å². The van der Waals surface area contributed by atoms with E-state index in [9.17, 15) is 0 Å². The van der Waals surface area contributed by atoms with E-state index in [1.165, 1.54) is 27.4 Å². The summed E-state index contributed by atoms with van der Waals surface area (Å²) in [5, 5.41) is 4.77. The van der Waals surface area contributed by atoms with Gasteiger partial charge in [-0.2, -0.15) is 0 Å². The zero-order valence-corrected chi connectivity index (χ0v) is 27.0. The van der Waals surface area contributed by atoms with E-state index in [2.05, 4.69) is 149 Å². The van der Waals surface area contributed by atoms with Crippen LogP contribution in [0.2, 0.25) is 0 Å². The second kappa shape index (κ2) is 11.3. The first-order valence-corrected chi connectivity index (χ1v) is 16.8. The van der Waals surface area contributed by atoms with Crippen molar-refractivity contribution in [3.63, 3.8) is 0 Å². The van der Waals surface area contributed by atoms with Crippen LogP contribution in [0.25, 0.3) is 78.2 Å². The van der Waals surface area contributed by atoms with Gasteiger partial charge in [-0.25, -0.2) is 9.97 Å². The number of benzene rings is 6. The van der Waals surface area contributed by atoms with Crippen molar-refractivity contribution < 1.29 is 0 Å². The summed E-state index contributed by atoms with van der Waals surface area (Å²) in [6, 6.07) is 61.5. The molecule has 10 rings (SSSR count). The second-order valence-electron chi connectivity index (χ2n) is 12.5. The van der Waals surface area contributed by atoms with Crippen LogP contribution in [0.15, 0.2) is 164 Å². The molecule has 1 aliphatic heterocycles. The zero-order valence-electron chi connectivity index (χ0n) is 27.0. The van der Waals surface area contributed by atoms with Crippen molar-refractivity contribution in [3.05, 3.63) is 182 Å². The van der Waals surface area contributed by atoms with Crippen LogP contribution in [-0.2, 0) is 0 Å². The Morgan fingerprint density at radius 2 is 1.20 bits per heavy atom. The maximum absolute atomic E-state index is 5.12. The summed E-state index contributed by atoms with van der Waals surface area (Å²) >= 11 is 0. The number of para-hydroxylation sites is 1. The molecule has 4 heteroatoms. The standard InChI is InChI=1S/C46H28N4/c1-4-14-31(15-5-1)39-30-40(32-16-6-2-7-17-32)48-46(47-39)34-19-12-22-36(28-34)50-41-24-11-10-23-37(41)45-38-26-27-49(35-20-8-3-9-21-35)42-25-13-18-33(44(38)42)29-43(45)50/h1-10,12-23,25-30H. The molecule has 0 saturated carbocycles. The highest BCUT2D eigenvalue weighted by Crippen LogP contribution is 2.45. The van der Waals surface area contributed by atoms with Gasteiger partial charge in [0.25, 0.3) is 0 Å². The van der Waals surface area contributed by atoms with Gasteiger partial charge in [-0.3, -0.25) is 0 Å². The Morgan fingerprint density at radius 3 is 1.94 bits per heavy atom. The monoisotopic (exact) mass is 636 g/mol. The van der Waals surface area contributed by atoms with Crippen LogP contribution in [0.3, 0.4) is 0 Å². The lowest BCUT2D eigenvalue weighted by Gasteiger charge is -2.27. The molecule has 0 N–H and O–H groups in total. The summed E-state index contributed by atoms with van der Waals surface area (Å²) in [7, 11) is 0. The Labute approximate surface area is 289 Å². The molecule has 0 bridgehead atoms. The first-order chi connectivity index (χ1) is 24.8. The van der Waals surface area contributed by atoms with E-state index in [1.807, 2.05) is 42.5 Å². The molecule has 2 aromatic heterocycles. The fraction of sp³-hybridized carbons (Fsp3) is 0. The Balaban J connectivity index is 1.19. The van der Waals surface area contributed by atoms with E-state index in [-0.39, 0.29) is 0 Å². The third-order valence-electron chi connectivity index (χ3n) is 9.59. The van der Waals surface area contributed by atoms with Gasteiger partial charge < -0.3 is 9.47 Å². The van der Waals surface area contributed by atoms with E-state index < -0.39 is 0 Å². The summed E-state index contributed by atoms with van der Waals surface area (Å²) < 4.78 is 2.31. The molecule has 0 aliphatic carbocycles. The van der Waals surface area contributed by atoms with Crippen molar-refractivity contribution in [2.45, 2.75) is 0 Å². The smallest absolute Gasteiger partial charge is 0.160 e. The minimum Gasteiger partial charge on any atom is -0.317 e. The van der Waals surface area contributed by atoms with Crippen molar-refractivity contribution in [1.82, 2.24) is 14.5 Å². The van der Waals surface area contributed by atoms with E-state index in [0.29, 0.717) is 5.82 Å². The van der Waals surface area contributed by atoms with Gasteiger partial charge in [-0.1, -0.05) is 109 Å². The van der Waals surface area contributed by atoms with Crippen LogP contribution in [0.5, 0.6) is 0 Å². The molecular formula is C46H28N4. The fourth-order valence-electron chi connectivity index (χ4n) is 7.35. The van der Waals surface area contributed by atoms with Gasteiger partial charge in [0.05, 0.1) is 22.6 Å². The molecule has 0 unspecified atom stereocenters. The summed E-state index contributed by atoms with van der Waals surface area (Å²) in [5.74, 6) is 0.678. The van der Waals surface area contributed by atoms with Gasteiger partial charge >= 0.3 is 0 Å². The minimum atomic E-state index is 0.678. The highest BCUT2D eigenvalue weighted by Gasteiger charge is 2.23. The molecule has 50 heavy (non-hydrogen) atoms. The molecule has 0 spiro atoms. The van der Waals surface area contributed by atoms with Crippen LogP contribution < -0.4 is 4.90 Å². The summed E-state index contributed by atoms with van der Waals surface area (Å²) in [6.45, 7) is 0. The van der Waals surface area contributed by atoms with Gasteiger partial charge in [-0.15, -0.1) is 0 Å². The molecule has 232 valence electrons. The lowest BCUT2D eigenvalue weighted by Crippen LogP contribution is -2.11. The molecule has 4 nitrogen and oxygen atoms in total. The molecule has 7 aromatic carbocycles. The Kier molecular flexibility index (Phi) is 6.37. The molecular weight excluding hydrogens is 609 g/mol. The van der Waals surface area contributed by atoms with Crippen molar-refractivity contribution in [2.75, 3.05) is 4.90 Å². The van der Waals surface area contributed by atoms with Gasteiger partial charge in [0.1, 0.15) is 5.52 Å². The summed E-state index contributed by atoms with van der Waals surface area (Å²) in [5.41, 5.74) is 11.5. The van der Waals surface area contributed by atoms with E-state index >= 15 is 0 Å². The molecule has 0 atom stereocenters. The average Bonchev–Trinajstić information content (AvgIpc) is 3.53. The van der Waals surface area contributed by atoms with E-state index in [4.69, 9.17) is 9.97 Å². The molecule has 0 saturated heterocycles. The Bertz CT molecular complexity index is 2690. The normalized spacial score (nSPS) is 12.1. The highest BCUT2D eigenvalue weighted by molar-refractivity contribution is 6.21. The van der Waals surface area contributed by atoms with Crippen LogP contribution >= 0.6 is 0 Å². The Morgan fingerprint density at radius 1 is 0.540 bits per heavy atom. The van der Waals surface area contributed by atoms with Gasteiger partial charge in [0.15, 0.2) is 5.82 Å². The molecule has 0 amide bonds. The predicted molar refractivity (Wildman–Crippen MR) is 205 cm³/mol. The molecule has 3 heterocycles. The third kappa shape index (κ3) is 4.49. The van der Waals surface area contributed by atoms with E-state index in [1.54, 1.807) is 0 Å². The topological polar surface area (TPSA) is 34.0 Å². The van der Waals surface area contributed by atoms with Crippen molar-refractivity contribution in [1.29, 1.82) is 0 Å². The minimum absolute atomic E-state index is 0.678. The SMILES string of the molecule is c1ccc2c3c4c5c(cccc5cc3n(-c3cccc(-c5nc(-c6ccccc6)cc(-c6ccccc6)n5)c3)c2c#1)N(c1ccccc1)C=C4.